The van der Waals surface area contributed by atoms with Crippen LogP contribution in [0.5, 0.6) is 0 Å². The fourth-order valence-electron chi connectivity index (χ4n) is 0.627. The summed E-state index contributed by atoms with van der Waals surface area (Å²) >= 11 is 1.95. The van der Waals surface area contributed by atoms with Crippen molar-refractivity contribution >= 4 is 28.6 Å². The number of carboxylic acids is 1. The summed E-state index contributed by atoms with van der Waals surface area (Å²) in [6.45, 7) is 0. The van der Waals surface area contributed by atoms with Crippen LogP contribution < -0.4 is 5.11 Å². The number of aromatic carboxylic acids is 1. The monoisotopic (exact) mass is 354 g/mol. The van der Waals surface area contributed by atoms with E-state index in [0.717, 1.165) is 0 Å². The molecule has 0 unspecified atom stereocenters. The molecular formula is C7H4AgIO2. The number of halogens is 1. The predicted octanol–water partition coefficient (Wildman–Crippen LogP) is 0.652. The van der Waals surface area contributed by atoms with Crippen molar-refractivity contribution in [3.05, 3.63) is 33.4 Å². The van der Waals surface area contributed by atoms with Crippen molar-refractivity contribution in [2.24, 2.45) is 0 Å². The van der Waals surface area contributed by atoms with E-state index in [1.807, 2.05) is 22.6 Å². The molecule has 0 radical (unpaired) electrons. The van der Waals surface area contributed by atoms with Gasteiger partial charge in [-0.15, -0.1) is 0 Å². The van der Waals surface area contributed by atoms with Gasteiger partial charge in [0, 0.05) is 9.13 Å². The van der Waals surface area contributed by atoms with E-state index in [0.29, 0.717) is 3.57 Å². The predicted molar refractivity (Wildman–Crippen MR) is 43.5 cm³/mol. The summed E-state index contributed by atoms with van der Waals surface area (Å²) in [5, 5.41) is 10.3. The Kier molecular flexibility index (Phi) is 4.99. The van der Waals surface area contributed by atoms with Gasteiger partial charge < -0.3 is 9.90 Å². The van der Waals surface area contributed by atoms with Gasteiger partial charge in [-0.05, 0) is 28.7 Å². The van der Waals surface area contributed by atoms with E-state index in [1.54, 1.807) is 18.2 Å². The van der Waals surface area contributed by atoms with Crippen molar-refractivity contribution in [3.8, 4) is 0 Å². The van der Waals surface area contributed by atoms with Crippen molar-refractivity contribution in [2.75, 3.05) is 0 Å². The Hall–Kier alpha value is 0.160. The van der Waals surface area contributed by atoms with Crippen LogP contribution in [0.1, 0.15) is 10.4 Å². The van der Waals surface area contributed by atoms with Gasteiger partial charge in [0.1, 0.15) is 0 Å². The normalized spacial score (nSPS) is 8.45. The number of benzene rings is 1. The summed E-state index contributed by atoms with van der Waals surface area (Å²) in [4.78, 5) is 10.3. The minimum absolute atomic E-state index is 0. The van der Waals surface area contributed by atoms with Crippen LogP contribution in [0.4, 0.5) is 0 Å². The molecule has 0 aliphatic carbocycles. The fraction of sp³-hybridized carbons (Fsp3) is 0. The van der Waals surface area contributed by atoms with Crippen molar-refractivity contribution in [3.63, 3.8) is 0 Å². The molecule has 0 spiro atoms. The second kappa shape index (κ2) is 4.92. The van der Waals surface area contributed by atoms with Gasteiger partial charge in [0.15, 0.2) is 0 Å². The van der Waals surface area contributed by atoms with E-state index in [4.69, 9.17) is 0 Å². The molecule has 0 bridgehead atoms. The average Bonchev–Trinajstić information content (AvgIpc) is 1.88. The Morgan fingerprint density at radius 3 is 2.27 bits per heavy atom. The first-order valence-electron chi connectivity index (χ1n) is 2.67. The van der Waals surface area contributed by atoms with Crippen LogP contribution in [0.3, 0.4) is 0 Å². The standard InChI is InChI=1S/C7H5IO2.Ag/c8-6-4-2-1-3-5(6)7(9)10;/h1-4H,(H,9,10);/q;+1/p-1. The van der Waals surface area contributed by atoms with E-state index in [1.165, 1.54) is 6.07 Å². The van der Waals surface area contributed by atoms with Crippen molar-refractivity contribution in [2.45, 2.75) is 0 Å². The summed E-state index contributed by atoms with van der Waals surface area (Å²) in [5.41, 5.74) is 0.253. The zero-order valence-corrected chi connectivity index (χ0v) is 8.95. The summed E-state index contributed by atoms with van der Waals surface area (Å²) in [5.74, 6) is -1.12. The maximum atomic E-state index is 10.3. The Labute approximate surface area is 93.6 Å². The Morgan fingerprint density at radius 1 is 1.36 bits per heavy atom. The van der Waals surface area contributed by atoms with E-state index in [9.17, 15) is 9.90 Å². The second-order valence-corrected chi connectivity index (χ2v) is 2.93. The first kappa shape index (κ1) is 11.2. The number of carbonyl (C=O) groups is 1. The van der Waals surface area contributed by atoms with Crippen LogP contribution in [-0.2, 0) is 22.4 Å². The van der Waals surface area contributed by atoms with E-state index in [-0.39, 0.29) is 27.9 Å². The molecule has 0 aliphatic rings. The van der Waals surface area contributed by atoms with Gasteiger partial charge in [0.25, 0.3) is 0 Å². The summed E-state index contributed by atoms with van der Waals surface area (Å²) < 4.78 is 0.708. The molecule has 0 saturated carbocycles. The Morgan fingerprint density at radius 2 is 1.91 bits per heavy atom. The van der Waals surface area contributed by atoms with E-state index in [2.05, 4.69) is 0 Å². The quantitative estimate of drug-likeness (QED) is 0.549. The molecular weight excluding hydrogens is 351 g/mol. The Balaban J connectivity index is 0.000001000. The van der Waals surface area contributed by atoms with Crippen LogP contribution in [0.15, 0.2) is 24.3 Å². The molecule has 0 aromatic heterocycles. The average molecular weight is 355 g/mol. The van der Waals surface area contributed by atoms with E-state index >= 15 is 0 Å². The van der Waals surface area contributed by atoms with Crippen LogP contribution in [0, 0.1) is 3.57 Å². The first-order chi connectivity index (χ1) is 4.72. The molecule has 1 aromatic carbocycles. The number of rotatable bonds is 1. The smallest absolute Gasteiger partial charge is 0.545 e. The third-order valence-corrected chi connectivity index (χ3v) is 2.03. The summed E-state index contributed by atoms with van der Waals surface area (Å²) in [6.07, 6.45) is 0. The third-order valence-electron chi connectivity index (χ3n) is 1.09. The number of hydrogen-bond acceptors (Lipinski definition) is 2. The van der Waals surface area contributed by atoms with Gasteiger partial charge in [-0.3, -0.25) is 0 Å². The zero-order chi connectivity index (χ0) is 7.56. The molecule has 0 saturated heterocycles. The molecule has 0 amide bonds. The fourth-order valence-corrected chi connectivity index (χ4v) is 1.23. The third kappa shape index (κ3) is 2.94. The van der Waals surface area contributed by atoms with Crippen LogP contribution in [-0.4, -0.2) is 5.97 Å². The topological polar surface area (TPSA) is 40.1 Å². The molecule has 1 aromatic rings. The SMILES string of the molecule is O=C([O-])c1ccccc1I.[Ag+]. The van der Waals surface area contributed by atoms with Gasteiger partial charge in [-0.2, -0.15) is 0 Å². The summed E-state index contributed by atoms with van der Waals surface area (Å²) in [6, 6.07) is 6.71. The molecule has 0 N–H and O–H groups in total. The first-order valence-corrected chi connectivity index (χ1v) is 3.75. The number of hydrogen-bond donors (Lipinski definition) is 0. The Bertz CT molecular complexity index is 262. The van der Waals surface area contributed by atoms with Gasteiger partial charge >= 0.3 is 22.4 Å². The molecule has 0 fully saturated rings. The molecule has 4 heteroatoms. The van der Waals surface area contributed by atoms with Gasteiger partial charge in [-0.25, -0.2) is 0 Å². The molecule has 0 heterocycles. The van der Waals surface area contributed by atoms with Gasteiger partial charge in [-0.1, -0.05) is 18.2 Å². The summed E-state index contributed by atoms with van der Waals surface area (Å²) in [7, 11) is 0. The van der Waals surface area contributed by atoms with Crippen molar-refractivity contribution in [1.29, 1.82) is 0 Å². The van der Waals surface area contributed by atoms with Crippen molar-refractivity contribution in [1.82, 2.24) is 0 Å². The molecule has 1 rings (SSSR count). The minimum Gasteiger partial charge on any atom is -0.545 e. The molecule has 11 heavy (non-hydrogen) atoms. The second-order valence-electron chi connectivity index (χ2n) is 1.77. The number of carboxylic acid groups (broad SMARTS) is 1. The van der Waals surface area contributed by atoms with Crippen molar-refractivity contribution < 1.29 is 32.3 Å². The molecule has 62 valence electrons. The molecule has 2 nitrogen and oxygen atoms in total. The van der Waals surface area contributed by atoms with Crippen LogP contribution >= 0.6 is 22.6 Å². The minimum atomic E-state index is -1.12. The maximum absolute atomic E-state index is 10.3. The van der Waals surface area contributed by atoms with E-state index < -0.39 is 5.97 Å². The van der Waals surface area contributed by atoms with Gasteiger partial charge in [0.2, 0.25) is 0 Å². The largest absolute Gasteiger partial charge is 1.00 e. The molecule has 0 atom stereocenters. The maximum Gasteiger partial charge on any atom is 1.00 e. The number of carbonyl (C=O) groups excluding carboxylic acids is 1. The van der Waals surface area contributed by atoms with Crippen LogP contribution in [0.2, 0.25) is 0 Å². The van der Waals surface area contributed by atoms with Crippen LogP contribution in [0.25, 0.3) is 0 Å². The van der Waals surface area contributed by atoms with Gasteiger partial charge in [0.05, 0.1) is 5.97 Å². The zero-order valence-electron chi connectivity index (χ0n) is 5.31. The molecule has 0 aliphatic heterocycles.